The molecule has 2 rings (SSSR count). The van der Waals surface area contributed by atoms with Gasteiger partial charge in [0, 0.05) is 30.4 Å². The van der Waals surface area contributed by atoms with Gasteiger partial charge < -0.3 is 5.32 Å². The molecule has 102 valence electrons. The fourth-order valence-corrected chi connectivity index (χ4v) is 1.80. The summed E-state index contributed by atoms with van der Waals surface area (Å²) >= 11 is 0. The van der Waals surface area contributed by atoms with Crippen molar-refractivity contribution in [3.63, 3.8) is 0 Å². The minimum absolute atomic E-state index is 0.135. The zero-order valence-electron chi connectivity index (χ0n) is 11.1. The maximum atomic E-state index is 11.1. The number of carbonyl (C=O) groups is 1. The maximum Gasteiger partial charge on any atom is 0.292 e. The van der Waals surface area contributed by atoms with Crippen molar-refractivity contribution in [1.29, 1.82) is 0 Å². The molecule has 1 aromatic heterocycles. The van der Waals surface area contributed by atoms with E-state index in [9.17, 15) is 14.9 Å². The number of amides is 1. The van der Waals surface area contributed by atoms with Crippen molar-refractivity contribution in [3.05, 3.63) is 52.3 Å². The predicted octanol–water partition coefficient (Wildman–Crippen LogP) is 2.92. The van der Waals surface area contributed by atoms with Crippen molar-refractivity contribution in [2.24, 2.45) is 0 Å². The van der Waals surface area contributed by atoms with Gasteiger partial charge in [0.2, 0.25) is 5.91 Å². The molecule has 0 atom stereocenters. The first-order valence-electron chi connectivity index (χ1n) is 5.96. The third-order valence-corrected chi connectivity index (χ3v) is 2.75. The fourth-order valence-electron chi connectivity index (χ4n) is 1.80. The normalized spacial score (nSPS) is 10.1. The molecule has 0 aliphatic heterocycles. The van der Waals surface area contributed by atoms with E-state index in [4.69, 9.17) is 0 Å². The van der Waals surface area contributed by atoms with Crippen molar-refractivity contribution in [1.82, 2.24) is 4.98 Å². The topological polar surface area (TPSA) is 85.1 Å². The molecule has 0 radical (unpaired) electrons. The first kappa shape index (κ1) is 13.7. The van der Waals surface area contributed by atoms with Crippen LogP contribution in [0.25, 0.3) is 11.1 Å². The lowest BCUT2D eigenvalue weighted by atomic mass is 10.1. The minimum atomic E-state index is -0.525. The van der Waals surface area contributed by atoms with Crippen molar-refractivity contribution in [2.75, 3.05) is 5.32 Å². The van der Waals surface area contributed by atoms with Crippen LogP contribution in [0.4, 0.5) is 11.4 Å². The Bertz CT molecular complexity index is 666. The van der Waals surface area contributed by atoms with Gasteiger partial charge in [-0.2, -0.15) is 0 Å². The smallest absolute Gasteiger partial charge is 0.292 e. The highest BCUT2D eigenvalue weighted by Gasteiger charge is 2.15. The molecule has 0 aliphatic rings. The lowest BCUT2D eigenvalue weighted by Crippen LogP contribution is -2.08. The molecule has 0 fully saturated rings. The first-order valence-corrected chi connectivity index (χ1v) is 5.96. The average molecular weight is 271 g/mol. The fraction of sp³-hybridized carbons (Fsp3) is 0.143. The van der Waals surface area contributed by atoms with Gasteiger partial charge >= 0.3 is 0 Å². The van der Waals surface area contributed by atoms with Crippen molar-refractivity contribution >= 4 is 17.3 Å². The molecular formula is C14H13N3O3. The molecule has 0 saturated heterocycles. The summed E-state index contributed by atoms with van der Waals surface area (Å²) in [6.07, 6.45) is 1.69. The molecule has 0 bridgehead atoms. The second-order valence-electron chi connectivity index (χ2n) is 4.36. The second-order valence-corrected chi connectivity index (χ2v) is 4.36. The first-order chi connectivity index (χ1) is 9.47. The Hall–Kier alpha value is -2.76. The van der Waals surface area contributed by atoms with Crippen LogP contribution < -0.4 is 5.32 Å². The van der Waals surface area contributed by atoms with Gasteiger partial charge in [-0.3, -0.25) is 19.9 Å². The number of benzene rings is 1. The molecule has 1 heterocycles. The number of anilines is 1. The van der Waals surface area contributed by atoms with Crippen LogP contribution in [0.15, 0.2) is 36.5 Å². The monoisotopic (exact) mass is 271 g/mol. The van der Waals surface area contributed by atoms with Crippen LogP contribution in [0, 0.1) is 17.0 Å². The van der Waals surface area contributed by atoms with Crippen LogP contribution in [0.3, 0.4) is 0 Å². The molecule has 0 spiro atoms. The van der Waals surface area contributed by atoms with Gasteiger partial charge in [0.1, 0.15) is 5.69 Å². The summed E-state index contributed by atoms with van der Waals surface area (Å²) in [5.41, 5.74) is 2.52. The van der Waals surface area contributed by atoms with Crippen molar-refractivity contribution < 1.29 is 9.72 Å². The minimum Gasteiger partial charge on any atom is -0.321 e. The summed E-state index contributed by atoms with van der Waals surface area (Å²) in [7, 11) is 0. The molecule has 2 aromatic rings. The molecular weight excluding hydrogens is 258 g/mol. The summed E-state index contributed by atoms with van der Waals surface area (Å²) in [6, 6.07) is 8.32. The average Bonchev–Trinajstić information content (AvgIpc) is 2.38. The van der Waals surface area contributed by atoms with Crippen LogP contribution in [-0.2, 0) is 4.79 Å². The number of aromatic nitrogens is 1. The van der Waals surface area contributed by atoms with Gasteiger partial charge in [-0.1, -0.05) is 6.07 Å². The summed E-state index contributed by atoms with van der Waals surface area (Å²) in [4.78, 5) is 25.7. The number of nitro groups is 1. The number of hydrogen-bond acceptors (Lipinski definition) is 4. The Labute approximate surface area is 115 Å². The van der Waals surface area contributed by atoms with E-state index in [0.717, 1.165) is 16.8 Å². The summed E-state index contributed by atoms with van der Waals surface area (Å²) in [6.45, 7) is 3.19. The van der Waals surface area contributed by atoms with E-state index in [1.807, 2.05) is 19.1 Å². The van der Waals surface area contributed by atoms with Crippen molar-refractivity contribution in [2.45, 2.75) is 13.8 Å². The SMILES string of the molecule is CC(=O)Nc1cc(-c2ccc(C)nc2)ccc1[N+](=O)[O-]. The Morgan fingerprint density at radius 1 is 1.25 bits per heavy atom. The molecule has 6 heteroatoms. The van der Waals surface area contributed by atoms with E-state index in [1.165, 1.54) is 13.0 Å². The zero-order chi connectivity index (χ0) is 14.7. The van der Waals surface area contributed by atoms with E-state index in [0.29, 0.717) is 0 Å². The molecule has 1 aromatic carbocycles. The van der Waals surface area contributed by atoms with Crippen LogP contribution >= 0.6 is 0 Å². The van der Waals surface area contributed by atoms with Crippen LogP contribution in [-0.4, -0.2) is 15.8 Å². The van der Waals surface area contributed by atoms with Crippen LogP contribution in [0.5, 0.6) is 0 Å². The van der Waals surface area contributed by atoms with E-state index >= 15 is 0 Å². The number of nitrogens with one attached hydrogen (secondary N) is 1. The van der Waals surface area contributed by atoms with Gasteiger partial charge in [-0.25, -0.2) is 0 Å². The number of rotatable bonds is 3. The van der Waals surface area contributed by atoms with Crippen LogP contribution in [0.1, 0.15) is 12.6 Å². The molecule has 1 N–H and O–H groups in total. The molecule has 0 saturated carbocycles. The largest absolute Gasteiger partial charge is 0.321 e. The van der Waals surface area contributed by atoms with Gasteiger partial charge in [-0.15, -0.1) is 0 Å². The number of carbonyl (C=O) groups excluding carboxylic acids is 1. The Morgan fingerprint density at radius 3 is 2.50 bits per heavy atom. The maximum absolute atomic E-state index is 11.1. The van der Waals surface area contributed by atoms with Gasteiger partial charge in [0.05, 0.1) is 4.92 Å². The van der Waals surface area contributed by atoms with E-state index < -0.39 is 4.92 Å². The quantitative estimate of drug-likeness (QED) is 0.687. The van der Waals surface area contributed by atoms with Crippen molar-refractivity contribution in [3.8, 4) is 11.1 Å². The number of pyridine rings is 1. The summed E-state index contributed by atoms with van der Waals surface area (Å²) in [5.74, 6) is -0.354. The number of hydrogen-bond donors (Lipinski definition) is 1. The Kier molecular flexibility index (Phi) is 3.74. The third-order valence-electron chi connectivity index (χ3n) is 2.75. The van der Waals surface area contributed by atoms with E-state index in [1.54, 1.807) is 18.3 Å². The lowest BCUT2D eigenvalue weighted by Gasteiger charge is -2.07. The van der Waals surface area contributed by atoms with E-state index in [-0.39, 0.29) is 17.3 Å². The van der Waals surface area contributed by atoms with Crippen LogP contribution in [0.2, 0.25) is 0 Å². The second kappa shape index (κ2) is 5.48. The molecule has 6 nitrogen and oxygen atoms in total. The van der Waals surface area contributed by atoms with Gasteiger partial charge in [0.15, 0.2) is 0 Å². The molecule has 0 unspecified atom stereocenters. The summed E-state index contributed by atoms with van der Waals surface area (Å²) in [5, 5.41) is 13.4. The zero-order valence-corrected chi connectivity index (χ0v) is 11.1. The molecule has 0 aliphatic carbocycles. The summed E-state index contributed by atoms with van der Waals surface area (Å²) < 4.78 is 0. The lowest BCUT2D eigenvalue weighted by molar-refractivity contribution is -0.383. The third kappa shape index (κ3) is 2.97. The van der Waals surface area contributed by atoms with E-state index in [2.05, 4.69) is 10.3 Å². The Balaban J connectivity index is 2.48. The highest BCUT2D eigenvalue weighted by molar-refractivity contribution is 5.92. The number of nitrogens with zero attached hydrogens (tertiary/aromatic N) is 2. The molecule has 1 amide bonds. The highest BCUT2D eigenvalue weighted by atomic mass is 16.6. The molecule has 20 heavy (non-hydrogen) atoms. The highest BCUT2D eigenvalue weighted by Crippen LogP contribution is 2.30. The standard InChI is InChI=1S/C14H13N3O3/c1-9-3-4-12(8-15-9)11-5-6-14(17(19)20)13(7-11)16-10(2)18/h3-8H,1-2H3,(H,16,18). The predicted molar refractivity (Wildman–Crippen MR) is 75.4 cm³/mol. The van der Waals surface area contributed by atoms with Gasteiger partial charge in [-0.05, 0) is 30.7 Å². The van der Waals surface area contributed by atoms with Gasteiger partial charge in [0.25, 0.3) is 5.69 Å². The number of nitro benzene ring substituents is 1. The Morgan fingerprint density at radius 2 is 1.95 bits per heavy atom. The number of aryl methyl sites for hydroxylation is 1.